The number of likely N-dealkylation sites (tertiary alicyclic amines) is 1. The lowest BCUT2D eigenvalue weighted by atomic mass is 9.96. The molecule has 0 aromatic rings. The summed E-state index contributed by atoms with van der Waals surface area (Å²) in [4.78, 5) is 14.2. The molecule has 1 rings (SSSR count). The Labute approximate surface area is 104 Å². The number of nitrogens with two attached hydrogens (primary N) is 1. The first kappa shape index (κ1) is 14.5. The van der Waals surface area contributed by atoms with E-state index in [2.05, 4.69) is 11.8 Å². The fourth-order valence-corrected chi connectivity index (χ4v) is 2.71. The van der Waals surface area contributed by atoms with Crippen LogP contribution in [0.1, 0.15) is 46.0 Å². The molecule has 100 valence electrons. The van der Waals surface area contributed by atoms with Crippen LogP contribution in [0.15, 0.2) is 0 Å². The second kappa shape index (κ2) is 7.67. The number of carbonyl (C=O) groups excluding carboxylic acids is 1. The number of hydrogen-bond acceptors (Lipinski definition) is 4. The molecule has 0 amide bonds. The van der Waals surface area contributed by atoms with Crippen LogP contribution < -0.4 is 5.73 Å². The van der Waals surface area contributed by atoms with Crippen LogP contribution in [-0.2, 0) is 9.53 Å². The summed E-state index contributed by atoms with van der Waals surface area (Å²) in [6.07, 6.45) is 5.39. The topological polar surface area (TPSA) is 55.6 Å². The lowest BCUT2D eigenvalue weighted by Crippen LogP contribution is -2.50. The summed E-state index contributed by atoms with van der Waals surface area (Å²) >= 11 is 0. The van der Waals surface area contributed by atoms with Gasteiger partial charge >= 0.3 is 5.97 Å². The number of esters is 1. The molecular weight excluding hydrogens is 216 g/mol. The number of nitrogens with zero attached hydrogens (tertiary/aromatic N) is 1. The number of rotatable bonds is 6. The minimum absolute atomic E-state index is 0.0704. The van der Waals surface area contributed by atoms with Gasteiger partial charge in [0.05, 0.1) is 6.61 Å². The normalized spacial score (nSPS) is 23.4. The van der Waals surface area contributed by atoms with Crippen LogP contribution in [0.5, 0.6) is 0 Å². The highest BCUT2D eigenvalue weighted by Gasteiger charge is 2.32. The Morgan fingerprint density at radius 1 is 1.47 bits per heavy atom. The Morgan fingerprint density at radius 3 is 2.82 bits per heavy atom. The van der Waals surface area contributed by atoms with Crippen molar-refractivity contribution in [2.45, 2.75) is 58.0 Å². The molecule has 0 aromatic carbocycles. The average molecular weight is 242 g/mol. The molecule has 4 nitrogen and oxygen atoms in total. The van der Waals surface area contributed by atoms with Crippen LogP contribution >= 0.6 is 0 Å². The van der Waals surface area contributed by atoms with Gasteiger partial charge in [-0.3, -0.25) is 9.69 Å². The van der Waals surface area contributed by atoms with Crippen molar-refractivity contribution in [3.63, 3.8) is 0 Å². The number of ether oxygens (including phenoxy) is 1. The molecule has 2 N–H and O–H groups in total. The molecule has 2 unspecified atom stereocenters. The summed E-state index contributed by atoms with van der Waals surface area (Å²) < 4.78 is 5.16. The average Bonchev–Trinajstić information content (AvgIpc) is 2.33. The van der Waals surface area contributed by atoms with Crippen molar-refractivity contribution in [2.75, 3.05) is 19.7 Å². The van der Waals surface area contributed by atoms with E-state index in [9.17, 15) is 4.79 Å². The number of piperidine rings is 1. The summed E-state index contributed by atoms with van der Waals surface area (Å²) in [7, 11) is 0. The van der Waals surface area contributed by atoms with E-state index >= 15 is 0 Å². The van der Waals surface area contributed by atoms with Crippen molar-refractivity contribution >= 4 is 5.97 Å². The Balaban J connectivity index is 2.66. The molecule has 0 bridgehead atoms. The summed E-state index contributed by atoms with van der Waals surface area (Å²) in [5.74, 6) is -0.0704. The Morgan fingerprint density at radius 2 is 2.24 bits per heavy atom. The van der Waals surface area contributed by atoms with Gasteiger partial charge in [0.2, 0.25) is 0 Å². The minimum atomic E-state index is -0.0770. The van der Waals surface area contributed by atoms with E-state index in [1.807, 2.05) is 6.92 Å². The Bertz CT molecular complexity index is 231. The van der Waals surface area contributed by atoms with Crippen molar-refractivity contribution in [1.29, 1.82) is 0 Å². The van der Waals surface area contributed by atoms with Gasteiger partial charge in [0.15, 0.2) is 0 Å². The molecule has 4 heteroatoms. The summed E-state index contributed by atoms with van der Waals surface area (Å²) in [6, 6.07) is 0.384. The first-order valence-corrected chi connectivity index (χ1v) is 6.87. The first-order chi connectivity index (χ1) is 8.24. The van der Waals surface area contributed by atoms with E-state index in [0.717, 1.165) is 25.8 Å². The molecule has 1 saturated heterocycles. The molecule has 0 aromatic heterocycles. The lowest BCUT2D eigenvalue weighted by Gasteiger charge is -2.39. The van der Waals surface area contributed by atoms with Crippen LogP contribution in [0.4, 0.5) is 0 Å². The van der Waals surface area contributed by atoms with Gasteiger partial charge < -0.3 is 10.5 Å². The molecule has 0 spiro atoms. The number of hydrogen-bond donors (Lipinski definition) is 1. The highest BCUT2D eigenvalue weighted by atomic mass is 16.5. The van der Waals surface area contributed by atoms with Gasteiger partial charge in [-0.2, -0.15) is 0 Å². The maximum atomic E-state index is 11.9. The second-order valence-electron chi connectivity index (χ2n) is 4.64. The summed E-state index contributed by atoms with van der Waals surface area (Å²) in [5.41, 5.74) is 5.66. The highest BCUT2D eigenvalue weighted by Crippen LogP contribution is 2.23. The van der Waals surface area contributed by atoms with E-state index in [0.29, 0.717) is 19.2 Å². The fraction of sp³-hybridized carbons (Fsp3) is 0.923. The molecule has 0 saturated carbocycles. The molecule has 17 heavy (non-hydrogen) atoms. The molecule has 0 radical (unpaired) electrons. The van der Waals surface area contributed by atoms with Gasteiger partial charge in [0.1, 0.15) is 6.04 Å². The van der Waals surface area contributed by atoms with Crippen LogP contribution in [0.25, 0.3) is 0 Å². The van der Waals surface area contributed by atoms with Gasteiger partial charge in [-0.25, -0.2) is 0 Å². The highest BCUT2D eigenvalue weighted by molar-refractivity contribution is 5.75. The van der Waals surface area contributed by atoms with E-state index in [-0.39, 0.29) is 12.0 Å². The van der Waals surface area contributed by atoms with E-state index in [1.54, 1.807) is 0 Å². The standard InChI is InChI=1S/C13H26N2O2/c1-3-12(13(16)17-4-2)15-10-6-5-7-11(15)8-9-14/h11-12H,3-10,14H2,1-2H3. The molecular formula is C13H26N2O2. The van der Waals surface area contributed by atoms with Gasteiger partial charge in [-0.15, -0.1) is 0 Å². The maximum absolute atomic E-state index is 11.9. The SMILES string of the molecule is CCOC(=O)C(CC)N1CCCCC1CCN. The van der Waals surface area contributed by atoms with Gasteiger partial charge in [-0.1, -0.05) is 13.3 Å². The lowest BCUT2D eigenvalue weighted by molar-refractivity contribution is -0.151. The van der Waals surface area contributed by atoms with E-state index < -0.39 is 0 Å². The van der Waals surface area contributed by atoms with Crippen LogP contribution in [0.2, 0.25) is 0 Å². The van der Waals surface area contributed by atoms with Crippen LogP contribution in [0.3, 0.4) is 0 Å². The van der Waals surface area contributed by atoms with Crippen molar-refractivity contribution in [3.8, 4) is 0 Å². The monoisotopic (exact) mass is 242 g/mol. The van der Waals surface area contributed by atoms with Crippen LogP contribution in [-0.4, -0.2) is 42.6 Å². The van der Waals surface area contributed by atoms with Crippen molar-refractivity contribution in [3.05, 3.63) is 0 Å². The number of carbonyl (C=O) groups is 1. The van der Waals surface area contributed by atoms with E-state index in [1.165, 1.54) is 12.8 Å². The largest absolute Gasteiger partial charge is 0.465 e. The zero-order chi connectivity index (χ0) is 12.7. The quantitative estimate of drug-likeness (QED) is 0.718. The molecule has 1 aliphatic rings. The summed E-state index contributed by atoms with van der Waals surface area (Å²) in [5, 5.41) is 0. The third-order valence-electron chi connectivity index (χ3n) is 3.52. The van der Waals surface area contributed by atoms with Crippen molar-refractivity contribution in [2.24, 2.45) is 5.73 Å². The predicted molar refractivity (Wildman–Crippen MR) is 68.7 cm³/mol. The minimum Gasteiger partial charge on any atom is -0.465 e. The zero-order valence-corrected chi connectivity index (χ0v) is 11.2. The van der Waals surface area contributed by atoms with Gasteiger partial charge in [0.25, 0.3) is 0 Å². The smallest absolute Gasteiger partial charge is 0.323 e. The zero-order valence-electron chi connectivity index (χ0n) is 11.2. The van der Waals surface area contributed by atoms with Crippen molar-refractivity contribution in [1.82, 2.24) is 4.90 Å². The third-order valence-corrected chi connectivity index (χ3v) is 3.52. The predicted octanol–water partition coefficient (Wildman–Crippen LogP) is 1.53. The molecule has 1 fully saturated rings. The van der Waals surface area contributed by atoms with Crippen molar-refractivity contribution < 1.29 is 9.53 Å². The summed E-state index contributed by atoms with van der Waals surface area (Å²) in [6.45, 7) is 6.07. The third kappa shape index (κ3) is 3.96. The van der Waals surface area contributed by atoms with E-state index in [4.69, 9.17) is 10.5 Å². The van der Waals surface area contributed by atoms with Gasteiger partial charge in [0, 0.05) is 6.04 Å². The first-order valence-electron chi connectivity index (χ1n) is 6.87. The molecule has 2 atom stereocenters. The maximum Gasteiger partial charge on any atom is 0.323 e. The molecule has 1 heterocycles. The molecule has 1 aliphatic heterocycles. The van der Waals surface area contributed by atoms with Crippen LogP contribution in [0, 0.1) is 0 Å². The Kier molecular flexibility index (Phi) is 6.52. The van der Waals surface area contributed by atoms with Gasteiger partial charge in [-0.05, 0) is 45.7 Å². The second-order valence-corrected chi connectivity index (χ2v) is 4.64. The molecule has 0 aliphatic carbocycles. The Hall–Kier alpha value is -0.610. The fourth-order valence-electron chi connectivity index (χ4n) is 2.71.